The van der Waals surface area contributed by atoms with Gasteiger partial charge in [-0.05, 0) is 47.7 Å². The van der Waals surface area contributed by atoms with Gasteiger partial charge >= 0.3 is 5.97 Å². The number of ether oxygens (including phenoxy) is 1. The van der Waals surface area contributed by atoms with Crippen LogP contribution in [0.2, 0.25) is 0 Å². The van der Waals surface area contributed by atoms with Crippen LogP contribution in [0.5, 0.6) is 0 Å². The van der Waals surface area contributed by atoms with Crippen molar-refractivity contribution in [1.82, 2.24) is 0 Å². The van der Waals surface area contributed by atoms with Gasteiger partial charge < -0.3 is 4.74 Å². The molecular formula is C9H9IO2. The van der Waals surface area contributed by atoms with E-state index in [-0.39, 0.29) is 5.97 Å². The van der Waals surface area contributed by atoms with E-state index in [9.17, 15) is 4.79 Å². The number of hydrogen-bond donors (Lipinski definition) is 0. The highest BCUT2D eigenvalue weighted by atomic mass is 127. The fourth-order valence-corrected chi connectivity index (χ4v) is 1.37. The molecule has 3 heteroatoms. The van der Waals surface area contributed by atoms with E-state index in [1.807, 2.05) is 12.1 Å². The first-order valence-corrected chi connectivity index (χ1v) is 4.74. The summed E-state index contributed by atoms with van der Waals surface area (Å²) in [5.41, 5.74) is 0.615. The lowest BCUT2D eigenvalue weighted by molar-refractivity contribution is 0.0526. The summed E-state index contributed by atoms with van der Waals surface area (Å²) in [5.74, 6) is -0.254. The number of esters is 1. The first-order valence-electron chi connectivity index (χ1n) is 3.66. The summed E-state index contributed by atoms with van der Waals surface area (Å²) in [6, 6.07) is 7.33. The zero-order chi connectivity index (χ0) is 8.97. The summed E-state index contributed by atoms with van der Waals surface area (Å²) in [6.45, 7) is 2.22. The van der Waals surface area contributed by atoms with E-state index in [4.69, 9.17) is 4.74 Å². The Morgan fingerprint density at radius 3 is 2.92 bits per heavy atom. The van der Waals surface area contributed by atoms with Crippen LogP contribution in [0, 0.1) is 3.57 Å². The third-order valence-electron chi connectivity index (χ3n) is 1.34. The van der Waals surface area contributed by atoms with Crippen LogP contribution < -0.4 is 0 Å². The molecule has 0 heterocycles. The molecule has 0 spiro atoms. The van der Waals surface area contributed by atoms with Gasteiger partial charge in [-0.3, -0.25) is 0 Å². The molecule has 1 aromatic carbocycles. The SMILES string of the molecule is CCOC(=O)[13c]1[13cH][13cH][13cH][13c](I)[13cH]1. The Hall–Kier alpha value is -0.580. The van der Waals surface area contributed by atoms with Gasteiger partial charge in [0.2, 0.25) is 0 Å². The molecular weight excluding hydrogens is 273 g/mol. The largest absolute Gasteiger partial charge is 0.462 e. The quantitative estimate of drug-likeness (QED) is 0.615. The van der Waals surface area contributed by atoms with Gasteiger partial charge in [-0.25, -0.2) is 4.79 Å². The van der Waals surface area contributed by atoms with Crippen molar-refractivity contribution in [2.24, 2.45) is 0 Å². The maximum absolute atomic E-state index is 11.2. The van der Waals surface area contributed by atoms with Crippen LogP contribution >= 0.6 is 22.6 Å². The monoisotopic (exact) mass is 282 g/mol. The van der Waals surface area contributed by atoms with E-state index in [0.717, 1.165) is 3.57 Å². The van der Waals surface area contributed by atoms with Crippen molar-refractivity contribution in [3.05, 3.63) is 33.4 Å². The predicted octanol–water partition coefficient (Wildman–Crippen LogP) is 2.47. The first kappa shape index (κ1) is 9.51. The summed E-state index contributed by atoms with van der Waals surface area (Å²) >= 11 is 2.16. The lowest BCUT2D eigenvalue weighted by atomic mass is 10.8. The average molecular weight is 282 g/mol. The highest BCUT2D eigenvalue weighted by Gasteiger charge is 2.04. The predicted molar refractivity (Wildman–Crippen MR) is 55.1 cm³/mol. The number of carbonyl (C=O) groups excluding carboxylic acids is 1. The van der Waals surface area contributed by atoms with Crippen molar-refractivity contribution in [1.29, 1.82) is 0 Å². The van der Waals surface area contributed by atoms with Crippen molar-refractivity contribution in [2.75, 3.05) is 6.61 Å². The Morgan fingerprint density at radius 1 is 1.58 bits per heavy atom. The van der Waals surface area contributed by atoms with Gasteiger partial charge in [0.05, 0.1) is 12.2 Å². The van der Waals surface area contributed by atoms with Crippen LogP contribution in [-0.4, -0.2) is 12.6 Å². The number of halogens is 1. The zero-order valence-corrected chi connectivity index (χ0v) is 8.87. The summed E-state index contributed by atoms with van der Waals surface area (Å²) in [5, 5.41) is 0. The third kappa shape index (κ3) is 2.48. The van der Waals surface area contributed by atoms with Gasteiger partial charge in [0.25, 0.3) is 0 Å². The average Bonchev–Trinajstić information content (AvgIpc) is 2.05. The highest BCUT2D eigenvalue weighted by Crippen LogP contribution is 2.08. The Labute approximate surface area is 85.1 Å². The minimum atomic E-state index is -0.254. The fourth-order valence-electron chi connectivity index (χ4n) is 0.830. The molecule has 0 fully saturated rings. The van der Waals surface area contributed by atoms with Crippen molar-refractivity contribution in [3.8, 4) is 0 Å². The number of benzene rings is 1. The molecule has 0 saturated carbocycles. The van der Waals surface area contributed by atoms with E-state index in [0.29, 0.717) is 12.2 Å². The molecule has 2 nitrogen and oxygen atoms in total. The second-order valence-corrected chi connectivity index (χ2v) is 3.48. The molecule has 0 aliphatic rings. The summed E-state index contributed by atoms with van der Waals surface area (Å²) in [6.07, 6.45) is 0. The maximum atomic E-state index is 11.2. The van der Waals surface area contributed by atoms with Gasteiger partial charge in [0, 0.05) is 3.57 Å². The van der Waals surface area contributed by atoms with Crippen LogP contribution in [-0.2, 0) is 4.74 Å². The Morgan fingerprint density at radius 2 is 2.33 bits per heavy atom. The summed E-state index contributed by atoms with van der Waals surface area (Å²) in [7, 11) is 0. The normalized spacial score (nSPS) is 9.50. The van der Waals surface area contributed by atoms with Crippen LogP contribution in [0.15, 0.2) is 24.3 Å². The molecule has 0 aliphatic carbocycles. The molecule has 0 aliphatic heterocycles. The van der Waals surface area contributed by atoms with Crippen LogP contribution in [0.25, 0.3) is 0 Å². The summed E-state index contributed by atoms with van der Waals surface area (Å²) < 4.78 is 5.88. The molecule has 0 N–H and O–H groups in total. The van der Waals surface area contributed by atoms with E-state index in [1.54, 1.807) is 19.1 Å². The van der Waals surface area contributed by atoms with Crippen molar-refractivity contribution in [3.63, 3.8) is 0 Å². The first-order chi connectivity index (χ1) is 5.74. The number of rotatable bonds is 2. The smallest absolute Gasteiger partial charge is 0.338 e. The molecule has 12 heavy (non-hydrogen) atoms. The van der Waals surface area contributed by atoms with E-state index >= 15 is 0 Å². The molecule has 0 saturated heterocycles. The molecule has 1 rings (SSSR count). The van der Waals surface area contributed by atoms with Crippen molar-refractivity contribution >= 4 is 28.6 Å². The second-order valence-electron chi connectivity index (χ2n) is 2.23. The van der Waals surface area contributed by atoms with Crippen LogP contribution in [0.3, 0.4) is 0 Å². The van der Waals surface area contributed by atoms with Crippen molar-refractivity contribution in [2.45, 2.75) is 6.92 Å². The Balaban J connectivity index is 2.81. The number of carbonyl (C=O) groups is 1. The van der Waals surface area contributed by atoms with Crippen LogP contribution in [0.1, 0.15) is 17.3 Å². The topological polar surface area (TPSA) is 26.3 Å². The lowest BCUT2D eigenvalue weighted by Gasteiger charge is -2.00. The van der Waals surface area contributed by atoms with Gasteiger partial charge in [0.15, 0.2) is 0 Å². The standard InChI is InChI=1S/C9H9IO2/c1-2-12-9(11)7-4-3-5-8(10)6-7/h3-6H,2H2,1H3/i3+1,4+1,5+1,6+1,7+1,8+1. The Kier molecular flexibility index (Phi) is 3.52. The van der Waals surface area contributed by atoms with Gasteiger partial charge in [-0.15, -0.1) is 0 Å². The van der Waals surface area contributed by atoms with Crippen LogP contribution in [0.4, 0.5) is 0 Å². The van der Waals surface area contributed by atoms with E-state index < -0.39 is 0 Å². The molecule has 0 radical (unpaired) electrons. The van der Waals surface area contributed by atoms with E-state index in [1.165, 1.54) is 0 Å². The van der Waals surface area contributed by atoms with Gasteiger partial charge in [0.1, 0.15) is 0 Å². The van der Waals surface area contributed by atoms with Gasteiger partial charge in [-0.1, -0.05) is 6.07 Å². The second kappa shape index (κ2) is 4.45. The van der Waals surface area contributed by atoms with E-state index in [2.05, 4.69) is 22.6 Å². The molecule has 0 unspecified atom stereocenters. The minimum Gasteiger partial charge on any atom is -0.462 e. The molecule has 0 bridgehead atoms. The lowest BCUT2D eigenvalue weighted by Crippen LogP contribution is -2.04. The highest BCUT2D eigenvalue weighted by molar-refractivity contribution is 14.1. The van der Waals surface area contributed by atoms with Gasteiger partial charge in [-0.2, -0.15) is 0 Å². The zero-order valence-electron chi connectivity index (χ0n) is 6.71. The Bertz CT molecular complexity index is 284. The molecule has 0 amide bonds. The minimum absolute atomic E-state index is 0.254. The summed E-state index contributed by atoms with van der Waals surface area (Å²) in [4.78, 5) is 11.2. The number of hydrogen-bond acceptors (Lipinski definition) is 2. The fraction of sp³-hybridized carbons (Fsp3) is 0.222. The maximum Gasteiger partial charge on any atom is 0.338 e. The molecule has 1 aromatic rings. The van der Waals surface area contributed by atoms with Crippen molar-refractivity contribution < 1.29 is 9.53 Å². The molecule has 0 atom stereocenters. The molecule has 64 valence electrons. The molecule has 0 aromatic heterocycles. The third-order valence-corrected chi connectivity index (χ3v) is 2.01.